The van der Waals surface area contributed by atoms with Gasteiger partial charge in [-0.25, -0.2) is 8.78 Å². The number of carbonyl (C=O) groups is 2. The first-order valence-electron chi connectivity index (χ1n) is 7.79. The average molecular weight is 382 g/mol. The number of hydrogen-bond acceptors (Lipinski definition) is 3. The van der Waals surface area contributed by atoms with Crippen LogP contribution in [0.3, 0.4) is 0 Å². The van der Waals surface area contributed by atoms with Gasteiger partial charge in [-0.2, -0.15) is 13.2 Å². The zero-order chi connectivity index (χ0) is 19.7. The van der Waals surface area contributed by atoms with Gasteiger partial charge in [-0.15, -0.1) is 0 Å². The van der Waals surface area contributed by atoms with E-state index in [-0.39, 0.29) is 25.1 Å². The second-order valence-corrected chi connectivity index (χ2v) is 5.59. The number of benzene rings is 1. The highest BCUT2D eigenvalue weighted by molar-refractivity contribution is 5.94. The number of carboxylic acid groups (broad SMARTS) is 1. The molecular formula is C16H19F5N2O3. The highest BCUT2D eigenvalue weighted by atomic mass is 19.4. The minimum Gasteiger partial charge on any atom is -0.483 e. The molecule has 1 aromatic rings. The van der Waals surface area contributed by atoms with E-state index in [1.54, 1.807) is 4.90 Å². The third kappa shape index (κ3) is 7.34. The third-order valence-electron chi connectivity index (χ3n) is 3.75. The van der Waals surface area contributed by atoms with Crippen LogP contribution in [0, 0.1) is 11.6 Å². The molecule has 0 radical (unpaired) electrons. The van der Waals surface area contributed by atoms with E-state index >= 15 is 0 Å². The Bertz CT molecular complexity index is 610. The first-order chi connectivity index (χ1) is 12.2. The number of alkyl halides is 3. The smallest absolute Gasteiger partial charge is 0.390 e. The van der Waals surface area contributed by atoms with Gasteiger partial charge in [0.15, 0.2) is 11.6 Å². The summed E-state index contributed by atoms with van der Waals surface area (Å²) in [6.07, 6.45) is -4.55. The molecule has 0 atom stereocenters. The molecule has 1 aliphatic rings. The summed E-state index contributed by atoms with van der Waals surface area (Å²) in [5.74, 6) is -2.57. The predicted octanol–water partition coefficient (Wildman–Crippen LogP) is 2.77. The molecule has 0 bridgehead atoms. The van der Waals surface area contributed by atoms with Crippen molar-refractivity contribution >= 4 is 12.4 Å². The lowest BCUT2D eigenvalue weighted by molar-refractivity contribution is -0.137. The highest BCUT2D eigenvalue weighted by Crippen LogP contribution is 2.20. The molecule has 0 spiro atoms. The second-order valence-electron chi connectivity index (χ2n) is 5.59. The first-order valence-corrected chi connectivity index (χ1v) is 7.79. The topological polar surface area (TPSA) is 60.9 Å². The Balaban J connectivity index is 0.00000105. The number of rotatable bonds is 3. The van der Waals surface area contributed by atoms with Crippen LogP contribution in [0.5, 0.6) is 0 Å². The van der Waals surface area contributed by atoms with Gasteiger partial charge in [-0.05, 0) is 31.2 Å². The van der Waals surface area contributed by atoms with Crippen molar-refractivity contribution in [2.45, 2.75) is 19.0 Å². The molecule has 1 aromatic carbocycles. The molecule has 146 valence electrons. The van der Waals surface area contributed by atoms with Crippen LogP contribution in [0.1, 0.15) is 23.2 Å². The van der Waals surface area contributed by atoms with Crippen LogP contribution >= 0.6 is 0 Å². The van der Waals surface area contributed by atoms with Crippen molar-refractivity contribution < 1.29 is 36.6 Å². The van der Waals surface area contributed by atoms with Gasteiger partial charge in [-0.3, -0.25) is 9.59 Å². The molecule has 1 saturated heterocycles. The fraction of sp³-hybridized carbons (Fsp3) is 0.500. The Hall–Kier alpha value is -2.23. The Kier molecular flexibility index (Phi) is 8.43. The Morgan fingerprint density at radius 3 is 2.35 bits per heavy atom. The van der Waals surface area contributed by atoms with E-state index in [1.165, 1.54) is 11.0 Å². The Morgan fingerprint density at radius 1 is 1.12 bits per heavy atom. The maximum absolute atomic E-state index is 13.2. The van der Waals surface area contributed by atoms with Crippen LogP contribution in [0.4, 0.5) is 22.0 Å². The molecule has 1 N–H and O–H groups in total. The van der Waals surface area contributed by atoms with Crippen LogP contribution in [0.15, 0.2) is 18.2 Å². The van der Waals surface area contributed by atoms with Gasteiger partial charge >= 0.3 is 6.18 Å². The minimum atomic E-state index is -4.20. The van der Waals surface area contributed by atoms with Gasteiger partial charge in [0.25, 0.3) is 12.4 Å². The van der Waals surface area contributed by atoms with Crippen LogP contribution in [-0.4, -0.2) is 66.2 Å². The zero-order valence-electron chi connectivity index (χ0n) is 13.8. The quantitative estimate of drug-likeness (QED) is 0.645. The van der Waals surface area contributed by atoms with E-state index in [9.17, 15) is 26.7 Å². The molecule has 1 heterocycles. The number of nitrogens with zero attached hydrogens (tertiary/aromatic N) is 2. The van der Waals surface area contributed by atoms with Gasteiger partial charge in [-0.1, -0.05) is 0 Å². The average Bonchev–Trinajstić information content (AvgIpc) is 2.80. The van der Waals surface area contributed by atoms with E-state index in [0.717, 1.165) is 12.1 Å². The molecule has 26 heavy (non-hydrogen) atoms. The second kappa shape index (κ2) is 10.0. The maximum atomic E-state index is 13.2. The summed E-state index contributed by atoms with van der Waals surface area (Å²) >= 11 is 0. The van der Waals surface area contributed by atoms with Gasteiger partial charge in [0.05, 0.1) is 6.42 Å². The molecular weight excluding hydrogens is 363 g/mol. The minimum absolute atomic E-state index is 0.0349. The normalized spacial score (nSPS) is 15.7. The van der Waals surface area contributed by atoms with E-state index < -0.39 is 30.1 Å². The number of amides is 1. The number of halogens is 5. The summed E-state index contributed by atoms with van der Waals surface area (Å²) in [5.41, 5.74) is 0.0349. The molecule has 5 nitrogen and oxygen atoms in total. The summed E-state index contributed by atoms with van der Waals surface area (Å²) in [7, 11) is 0. The molecule has 1 amide bonds. The summed E-state index contributed by atoms with van der Waals surface area (Å²) in [4.78, 5) is 23.8. The summed E-state index contributed by atoms with van der Waals surface area (Å²) in [5, 5.41) is 6.89. The number of carbonyl (C=O) groups excluding carboxylic acids is 1. The molecule has 10 heteroatoms. The zero-order valence-corrected chi connectivity index (χ0v) is 13.8. The molecule has 0 aromatic heterocycles. The van der Waals surface area contributed by atoms with Crippen molar-refractivity contribution in [2.75, 3.05) is 32.7 Å². The van der Waals surface area contributed by atoms with Crippen molar-refractivity contribution in [3.8, 4) is 0 Å². The maximum Gasteiger partial charge on any atom is 0.390 e. The Morgan fingerprint density at radius 2 is 1.77 bits per heavy atom. The summed E-state index contributed by atoms with van der Waals surface area (Å²) in [6, 6.07) is 2.92. The van der Waals surface area contributed by atoms with E-state index in [2.05, 4.69) is 0 Å². The lowest BCUT2D eigenvalue weighted by Gasteiger charge is -2.22. The van der Waals surface area contributed by atoms with E-state index in [1.807, 2.05) is 0 Å². The number of hydrogen-bond donors (Lipinski definition) is 1. The fourth-order valence-electron chi connectivity index (χ4n) is 2.49. The van der Waals surface area contributed by atoms with Gasteiger partial charge in [0.2, 0.25) is 0 Å². The van der Waals surface area contributed by atoms with E-state index in [0.29, 0.717) is 26.1 Å². The molecule has 0 aliphatic carbocycles. The summed E-state index contributed by atoms with van der Waals surface area (Å²) < 4.78 is 62.9. The lowest BCUT2D eigenvalue weighted by Crippen LogP contribution is -2.36. The van der Waals surface area contributed by atoms with Gasteiger partial charge < -0.3 is 14.9 Å². The van der Waals surface area contributed by atoms with Crippen molar-refractivity contribution in [1.82, 2.24) is 9.80 Å². The monoisotopic (exact) mass is 382 g/mol. The third-order valence-corrected chi connectivity index (χ3v) is 3.75. The molecule has 1 aliphatic heterocycles. The van der Waals surface area contributed by atoms with Crippen molar-refractivity contribution in [1.29, 1.82) is 0 Å². The van der Waals surface area contributed by atoms with Crippen molar-refractivity contribution in [2.24, 2.45) is 0 Å². The molecule has 1 fully saturated rings. The van der Waals surface area contributed by atoms with E-state index in [4.69, 9.17) is 9.90 Å². The highest BCUT2D eigenvalue weighted by Gasteiger charge is 2.28. The predicted molar refractivity (Wildman–Crippen MR) is 82.7 cm³/mol. The van der Waals surface area contributed by atoms with Crippen molar-refractivity contribution in [3.63, 3.8) is 0 Å². The van der Waals surface area contributed by atoms with Crippen LogP contribution in [0.2, 0.25) is 0 Å². The Labute approximate surface area is 147 Å². The summed E-state index contributed by atoms with van der Waals surface area (Å²) in [6.45, 7) is 1.08. The van der Waals surface area contributed by atoms with Crippen molar-refractivity contribution in [3.05, 3.63) is 35.4 Å². The fourth-order valence-corrected chi connectivity index (χ4v) is 2.49. The van der Waals surface area contributed by atoms with Gasteiger partial charge in [0, 0.05) is 31.7 Å². The molecule has 0 saturated carbocycles. The lowest BCUT2D eigenvalue weighted by atomic mass is 10.2. The van der Waals surface area contributed by atoms with Crippen LogP contribution < -0.4 is 0 Å². The first kappa shape index (κ1) is 21.8. The standard InChI is InChI=1S/C15H17F5N2O.CH2O2/c16-12-3-2-11(10-13(12)17)14(23)22-6-1-5-21(8-9-22)7-4-15(18,19)20;2-1-3/h2-3,10H,1,4-9H2;1H,(H,2,3). The van der Waals surface area contributed by atoms with Gasteiger partial charge in [0.1, 0.15) is 0 Å². The molecule has 0 unspecified atom stereocenters. The SMILES string of the molecule is O=C(c1ccc(F)c(F)c1)N1CCCN(CCC(F)(F)F)CC1.O=CO. The van der Waals surface area contributed by atoms with Crippen LogP contribution in [-0.2, 0) is 4.79 Å². The molecule has 2 rings (SSSR count). The van der Waals surface area contributed by atoms with Crippen LogP contribution in [0.25, 0.3) is 0 Å². The largest absolute Gasteiger partial charge is 0.483 e.